The molecule has 1 atom stereocenters. The second kappa shape index (κ2) is 7.38. The number of hydrogen-bond donors (Lipinski definition) is 2. The monoisotopic (exact) mass is 396 g/mol. The van der Waals surface area contributed by atoms with Gasteiger partial charge in [-0.3, -0.25) is 0 Å². The van der Waals surface area contributed by atoms with E-state index in [4.69, 9.17) is 20.4 Å². The summed E-state index contributed by atoms with van der Waals surface area (Å²) in [6, 6.07) is 0. The lowest BCUT2D eigenvalue weighted by Crippen LogP contribution is -2.55. The van der Waals surface area contributed by atoms with E-state index in [1.54, 1.807) is 12.4 Å². The van der Waals surface area contributed by atoms with Gasteiger partial charge in [0.05, 0.1) is 24.4 Å². The second-order valence-corrected chi connectivity index (χ2v) is 8.28. The normalized spacial score (nSPS) is 24.6. The first-order valence-electron chi connectivity index (χ1n) is 10.4. The minimum atomic E-state index is 0.0645. The Morgan fingerprint density at radius 2 is 1.93 bits per heavy atom. The van der Waals surface area contributed by atoms with Gasteiger partial charge >= 0.3 is 0 Å². The number of hydrogen-bond acceptors (Lipinski definition) is 9. The van der Waals surface area contributed by atoms with Crippen molar-refractivity contribution in [3.05, 3.63) is 18.0 Å². The molecule has 3 aliphatic rings. The molecule has 0 aromatic carbocycles. The molecule has 0 aliphatic carbocycles. The first-order chi connectivity index (χ1) is 14.1. The minimum absolute atomic E-state index is 0.0645. The lowest BCUT2D eigenvalue weighted by atomic mass is 9.90. The van der Waals surface area contributed by atoms with E-state index in [0.29, 0.717) is 13.2 Å². The van der Waals surface area contributed by atoms with Crippen molar-refractivity contribution in [1.29, 1.82) is 0 Å². The van der Waals surface area contributed by atoms with Crippen LogP contribution in [0.25, 0.3) is 11.3 Å². The molecule has 2 fully saturated rings. The van der Waals surface area contributed by atoms with E-state index in [1.165, 1.54) is 12.0 Å². The summed E-state index contributed by atoms with van der Waals surface area (Å²) in [7, 11) is 0. The van der Waals surface area contributed by atoms with Crippen molar-refractivity contribution in [3.8, 4) is 11.3 Å². The number of nitrogens with two attached hydrogens (primary N) is 1. The summed E-state index contributed by atoms with van der Waals surface area (Å²) in [4.78, 5) is 23.1. The van der Waals surface area contributed by atoms with Crippen LogP contribution in [0.2, 0.25) is 0 Å². The van der Waals surface area contributed by atoms with E-state index in [-0.39, 0.29) is 11.5 Å². The Kier molecular flexibility index (Phi) is 4.71. The average molecular weight is 396 g/mol. The number of nitrogen functional groups attached to an aromatic ring is 1. The van der Waals surface area contributed by atoms with Crippen LogP contribution in [-0.4, -0.2) is 71.4 Å². The van der Waals surface area contributed by atoms with Crippen LogP contribution in [0.5, 0.6) is 0 Å². The summed E-state index contributed by atoms with van der Waals surface area (Å²) in [5, 5.41) is 3.57. The van der Waals surface area contributed by atoms with Crippen LogP contribution in [0.15, 0.2) is 12.4 Å². The molecule has 0 saturated carbocycles. The predicted octanol–water partition coefficient (Wildman–Crippen LogP) is 0.857. The molecule has 3 aliphatic heterocycles. The Bertz CT molecular complexity index is 875. The van der Waals surface area contributed by atoms with Crippen LogP contribution in [-0.2, 0) is 11.2 Å². The fraction of sp³-hybridized carbons (Fsp3) is 0.600. The molecule has 0 radical (unpaired) electrons. The molecule has 2 saturated heterocycles. The Morgan fingerprint density at radius 1 is 1.14 bits per heavy atom. The molecular formula is C20H28N8O. The van der Waals surface area contributed by atoms with Gasteiger partial charge in [-0.25, -0.2) is 15.0 Å². The van der Waals surface area contributed by atoms with E-state index in [9.17, 15) is 0 Å². The first-order valence-corrected chi connectivity index (χ1v) is 10.4. The van der Waals surface area contributed by atoms with Crippen molar-refractivity contribution >= 4 is 17.7 Å². The summed E-state index contributed by atoms with van der Waals surface area (Å²) < 4.78 is 5.52. The van der Waals surface area contributed by atoms with E-state index in [2.05, 4.69) is 32.0 Å². The molecule has 0 bridgehead atoms. The van der Waals surface area contributed by atoms with Crippen molar-refractivity contribution < 1.29 is 4.74 Å². The number of nitrogens with one attached hydrogen (secondary N) is 1. The van der Waals surface area contributed by atoms with Crippen LogP contribution in [0, 0.1) is 0 Å². The Balaban J connectivity index is 1.61. The molecule has 29 heavy (non-hydrogen) atoms. The number of morpholine rings is 1. The summed E-state index contributed by atoms with van der Waals surface area (Å²) in [5.74, 6) is 2.09. The molecule has 3 N–H and O–H groups in total. The van der Waals surface area contributed by atoms with Crippen LogP contribution in [0.1, 0.15) is 25.3 Å². The molecule has 9 heteroatoms. The van der Waals surface area contributed by atoms with E-state index < -0.39 is 0 Å². The summed E-state index contributed by atoms with van der Waals surface area (Å²) >= 11 is 0. The number of piperidine rings is 1. The molecular weight excluding hydrogens is 368 g/mol. The zero-order chi connectivity index (χ0) is 19.8. The van der Waals surface area contributed by atoms with Gasteiger partial charge in [0.2, 0.25) is 11.9 Å². The van der Waals surface area contributed by atoms with Gasteiger partial charge < -0.3 is 25.6 Å². The van der Waals surface area contributed by atoms with Gasteiger partial charge in [0.15, 0.2) is 0 Å². The van der Waals surface area contributed by atoms with E-state index >= 15 is 0 Å². The number of aromatic nitrogens is 4. The van der Waals surface area contributed by atoms with Crippen LogP contribution >= 0.6 is 0 Å². The Hall–Kier alpha value is -2.52. The second-order valence-electron chi connectivity index (χ2n) is 8.28. The highest BCUT2D eigenvalue weighted by Crippen LogP contribution is 2.40. The van der Waals surface area contributed by atoms with Gasteiger partial charge in [0.25, 0.3) is 0 Å². The molecule has 9 nitrogen and oxygen atoms in total. The number of nitrogens with zero attached hydrogens (tertiary/aromatic N) is 6. The average Bonchev–Trinajstić information content (AvgIpc) is 3.20. The zero-order valence-corrected chi connectivity index (χ0v) is 16.9. The summed E-state index contributed by atoms with van der Waals surface area (Å²) in [6.45, 7) is 8.37. The Labute approximate surface area is 170 Å². The van der Waals surface area contributed by atoms with Crippen molar-refractivity contribution in [2.45, 2.75) is 31.7 Å². The maximum Gasteiger partial charge on any atom is 0.228 e. The van der Waals surface area contributed by atoms with Crippen LogP contribution in [0.3, 0.4) is 0 Å². The SMILES string of the molecule is CC1(N2CCc3c(-c4cnc(N)nc4)nc(N4CCOCC4)nc32)CCCNC1. The molecule has 5 heterocycles. The fourth-order valence-electron chi connectivity index (χ4n) is 4.64. The van der Waals surface area contributed by atoms with Gasteiger partial charge in [0.1, 0.15) is 5.82 Å². The maximum atomic E-state index is 5.71. The van der Waals surface area contributed by atoms with Gasteiger partial charge in [-0.05, 0) is 32.7 Å². The van der Waals surface area contributed by atoms with Crippen LogP contribution < -0.4 is 20.9 Å². The highest BCUT2D eigenvalue weighted by Gasteiger charge is 2.39. The molecule has 0 spiro atoms. The number of rotatable bonds is 3. The van der Waals surface area contributed by atoms with Gasteiger partial charge in [-0.2, -0.15) is 4.98 Å². The molecule has 5 rings (SSSR count). The summed E-state index contributed by atoms with van der Waals surface area (Å²) in [5.41, 5.74) is 8.77. The number of ether oxygens (including phenoxy) is 1. The third kappa shape index (κ3) is 3.38. The molecule has 2 aromatic heterocycles. The largest absolute Gasteiger partial charge is 0.378 e. The van der Waals surface area contributed by atoms with Gasteiger partial charge in [-0.1, -0.05) is 0 Å². The molecule has 1 unspecified atom stereocenters. The third-order valence-corrected chi connectivity index (χ3v) is 6.28. The number of fused-ring (bicyclic) bond motifs is 1. The molecule has 0 amide bonds. The van der Waals surface area contributed by atoms with Gasteiger partial charge in [0, 0.05) is 49.7 Å². The topological polar surface area (TPSA) is 105 Å². The fourth-order valence-corrected chi connectivity index (χ4v) is 4.64. The third-order valence-electron chi connectivity index (χ3n) is 6.28. The highest BCUT2D eigenvalue weighted by atomic mass is 16.5. The minimum Gasteiger partial charge on any atom is -0.378 e. The van der Waals surface area contributed by atoms with E-state index in [1.807, 2.05) is 0 Å². The quantitative estimate of drug-likeness (QED) is 0.781. The first kappa shape index (κ1) is 18.5. The van der Waals surface area contributed by atoms with Crippen LogP contribution in [0.4, 0.5) is 17.7 Å². The predicted molar refractivity (Wildman–Crippen MR) is 112 cm³/mol. The van der Waals surface area contributed by atoms with Crippen molar-refractivity contribution in [1.82, 2.24) is 25.3 Å². The maximum absolute atomic E-state index is 5.71. The lowest BCUT2D eigenvalue weighted by molar-refractivity contribution is 0.122. The van der Waals surface area contributed by atoms with E-state index in [0.717, 1.165) is 68.6 Å². The molecule has 2 aromatic rings. The standard InChI is InChI=1S/C20H28N8O/c1-20(4-2-5-22-13-20)28-6-3-15-16(14-11-23-18(21)24-12-14)25-19(26-17(15)28)27-7-9-29-10-8-27/h11-12,22H,2-10,13H2,1H3,(H2,21,23,24). The lowest BCUT2D eigenvalue weighted by Gasteiger charge is -2.43. The number of anilines is 3. The molecule has 154 valence electrons. The highest BCUT2D eigenvalue weighted by molar-refractivity contribution is 5.73. The van der Waals surface area contributed by atoms with Crippen molar-refractivity contribution in [3.63, 3.8) is 0 Å². The van der Waals surface area contributed by atoms with Gasteiger partial charge in [-0.15, -0.1) is 0 Å². The Morgan fingerprint density at radius 3 is 2.66 bits per heavy atom. The van der Waals surface area contributed by atoms with Crippen molar-refractivity contribution in [2.24, 2.45) is 0 Å². The smallest absolute Gasteiger partial charge is 0.228 e. The van der Waals surface area contributed by atoms with Crippen molar-refractivity contribution in [2.75, 3.05) is 61.5 Å². The zero-order valence-electron chi connectivity index (χ0n) is 16.9. The summed E-state index contributed by atoms with van der Waals surface area (Å²) in [6.07, 6.45) is 6.80.